The molecule has 0 aliphatic carbocycles. The van der Waals surface area contributed by atoms with E-state index in [9.17, 15) is 9.90 Å². The lowest BCUT2D eigenvalue weighted by molar-refractivity contribution is -0.140. The SMILES string of the molecule is COC(O)C1CCN(C(C)=O)CC1. The molecular weight excluding hydrogens is 170 g/mol. The van der Waals surface area contributed by atoms with Crippen LogP contribution in [0.15, 0.2) is 0 Å². The van der Waals surface area contributed by atoms with Crippen LogP contribution in [0.25, 0.3) is 0 Å². The first-order valence-corrected chi connectivity index (χ1v) is 4.61. The summed E-state index contributed by atoms with van der Waals surface area (Å²) in [4.78, 5) is 12.8. The third kappa shape index (κ3) is 2.67. The van der Waals surface area contributed by atoms with Gasteiger partial charge in [0.05, 0.1) is 0 Å². The van der Waals surface area contributed by atoms with Crippen LogP contribution >= 0.6 is 0 Å². The highest BCUT2D eigenvalue weighted by molar-refractivity contribution is 5.73. The summed E-state index contributed by atoms with van der Waals surface area (Å²) in [6, 6.07) is 0. The number of aliphatic hydroxyl groups excluding tert-OH is 1. The minimum atomic E-state index is -0.672. The quantitative estimate of drug-likeness (QED) is 0.629. The molecule has 1 unspecified atom stereocenters. The Morgan fingerprint density at radius 2 is 2.08 bits per heavy atom. The molecule has 1 aliphatic rings. The fraction of sp³-hybridized carbons (Fsp3) is 0.889. The van der Waals surface area contributed by atoms with E-state index in [0.717, 1.165) is 25.9 Å². The normalized spacial score (nSPS) is 21.6. The average molecular weight is 187 g/mol. The zero-order chi connectivity index (χ0) is 9.84. The van der Waals surface area contributed by atoms with Crippen LogP contribution in [0.5, 0.6) is 0 Å². The van der Waals surface area contributed by atoms with Crippen molar-refractivity contribution in [2.75, 3.05) is 20.2 Å². The van der Waals surface area contributed by atoms with Gasteiger partial charge in [-0.1, -0.05) is 0 Å². The Hall–Kier alpha value is -0.610. The van der Waals surface area contributed by atoms with E-state index in [2.05, 4.69) is 0 Å². The number of ether oxygens (including phenoxy) is 1. The topological polar surface area (TPSA) is 49.8 Å². The number of piperidine rings is 1. The fourth-order valence-corrected chi connectivity index (χ4v) is 1.69. The fourth-order valence-electron chi connectivity index (χ4n) is 1.69. The van der Waals surface area contributed by atoms with Crippen LogP contribution in [0, 0.1) is 5.92 Å². The van der Waals surface area contributed by atoms with Crippen LogP contribution in [0.3, 0.4) is 0 Å². The third-order valence-corrected chi connectivity index (χ3v) is 2.63. The Morgan fingerprint density at radius 1 is 1.54 bits per heavy atom. The highest BCUT2D eigenvalue weighted by atomic mass is 16.6. The number of rotatable bonds is 2. The molecule has 0 spiro atoms. The van der Waals surface area contributed by atoms with Crippen molar-refractivity contribution in [1.29, 1.82) is 0 Å². The Labute approximate surface area is 78.5 Å². The summed E-state index contributed by atoms with van der Waals surface area (Å²) in [5.41, 5.74) is 0. The maximum atomic E-state index is 11.0. The molecule has 4 heteroatoms. The molecule has 1 amide bonds. The summed E-state index contributed by atoms with van der Waals surface area (Å²) in [6.45, 7) is 3.05. The molecule has 1 N–H and O–H groups in total. The number of likely N-dealkylation sites (tertiary alicyclic amines) is 1. The number of hydrogen-bond acceptors (Lipinski definition) is 3. The first kappa shape index (κ1) is 10.5. The predicted molar refractivity (Wildman–Crippen MR) is 48.0 cm³/mol. The van der Waals surface area contributed by atoms with Crippen LogP contribution in [-0.2, 0) is 9.53 Å². The predicted octanol–water partition coefficient (Wildman–Crippen LogP) is 0.210. The number of amides is 1. The van der Waals surface area contributed by atoms with E-state index in [4.69, 9.17) is 4.74 Å². The molecule has 4 nitrogen and oxygen atoms in total. The zero-order valence-electron chi connectivity index (χ0n) is 8.19. The summed E-state index contributed by atoms with van der Waals surface area (Å²) < 4.78 is 4.84. The van der Waals surface area contributed by atoms with Gasteiger partial charge in [-0.15, -0.1) is 0 Å². The zero-order valence-corrected chi connectivity index (χ0v) is 8.19. The monoisotopic (exact) mass is 187 g/mol. The highest BCUT2D eigenvalue weighted by Crippen LogP contribution is 2.20. The van der Waals surface area contributed by atoms with E-state index >= 15 is 0 Å². The van der Waals surface area contributed by atoms with E-state index in [1.165, 1.54) is 7.11 Å². The summed E-state index contributed by atoms with van der Waals surface area (Å²) in [5, 5.41) is 9.38. The van der Waals surface area contributed by atoms with Gasteiger partial charge < -0.3 is 14.7 Å². The van der Waals surface area contributed by atoms with Crippen molar-refractivity contribution in [3.05, 3.63) is 0 Å². The van der Waals surface area contributed by atoms with Crippen LogP contribution in [-0.4, -0.2) is 42.4 Å². The number of aliphatic hydroxyl groups is 1. The van der Waals surface area contributed by atoms with Gasteiger partial charge in [0, 0.05) is 33.0 Å². The van der Waals surface area contributed by atoms with Gasteiger partial charge in [-0.3, -0.25) is 4.79 Å². The maximum Gasteiger partial charge on any atom is 0.219 e. The standard InChI is InChI=1S/C9H17NO3/c1-7(11)10-5-3-8(4-6-10)9(12)13-2/h8-9,12H,3-6H2,1-2H3. The number of hydrogen-bond donors (Lipinski definition) is 1. The molecule has 0 saturated carbocycles. The van der Waals surface area contributed by atoms with Gasteiger partial charge in [-0.2, -0.15) is 0 Å². The molecule has 1 rings (SSSR count). The summed E-state index contributed by atoms with van der Waals surface area (Å²) in [7, 11) is 1.50. The van der Waals surface area contributed by atoms with Crippen molar-refractivity contribution in [2.45, 2.75) is 26.1 Å². The van der Waals surface area contributed by atoms with Gasteiger partial charge in [-0.25, -0.2) is 0 Å². The lowest BCUT2D eigenvalue weighted by Crippen LogP contribution is -2.40. The van der Waals surface area contributed by atoms with E-state index in [-0.39, 0.29) is 11.8 Å². The molecule has 76 valence electrons. The Balaban J connectivity index is 2.34. The Morgan fingerprint density at radius 3 is 2.46 bits per heavy atom. The number of nitrogens with zero attached hydrogens (tertiary/aromatic N) is 1. The van der Waals surface area contributed by atoms with Crippen molar-refractivity contribution in [2.24, 2.45) is 5.92 Å². The highest BCUT2D eigenvalue weighted by Gasteiger charge is 2.25. The first-order valence-electron chi connectivity index (χ1n) is 4.61. The molecule has 0 bridgehead atoms. The first-order chi connectivity index (χ1) is 6.15. The van der Waals surface area contributed by atoms with Crippen LogP contribution in [0.2, 0.25) is 0 Å². The minimum absolute atomic E-state index is 0.116. The Bertz CT molecular complexity index is 176. The molecule has 1 saturated heterocycles. The molecule has 0 radical (unpaired) electrons. The van der Waals surface area contributed by atoms with Crippen molar-refractivity contribution in [3.8, 4) is 0 Å². The van der Waals surface area contributed by atoms with Crippen LogP contribution in [0.4, 0.5) is 0 Å². The summed E-state index contributed by atoms with van der Waals surface area (Å²) >= 11 is 0. The molecule has 1 heterocycles. The average Bonchev–Trinajstić information content (AvgIpc) is 2.17. The molecule has 1 fully saturated rings. The van der Waals surface area contributed by atoms with Crippen molar-refractivity contribution < 1.29 is 14.6 Å². The molecule has 0 aromatic rings. The second-order valence-electron chi connectivity index (χ2n) is 3.47. The van der Waals surface area contributed by atoms with Gasteiger partial charge in [0.25, 0.3) is 0 Å². The molecule has 13 heavy (non-hydrogen) atoms. The second-order valence-corrected chi connectivity index (χ2v) is 3.47. The second kappa shape index (κ2) is 4.58. The van der Waals surface area contributed by atoms with Crippen molar-refractivity contribution in [1.82, 2.24) is 4.90 Å². The molecule has 0 aromatic heterocycles. The van der Waals surface area contributed by atoms with Crippen LogP contribution in [0.1, 0.15) is 19.8 Å². The Kier molecular flexibility index (Phi) is 3.69. The summed E-state index contributed by atoms with van der Waals surface area (Å²) in [6.07, 6.45) is 0.984. The van der Waals surface area contributed by atoms with Gasteiger partial charge in [0.1, 0.15) is 0 Å². The molecule has 1 atom stereocenters. The van der Waals surface area contributed by atoms with E-state index < -0.39 is 6.29 Å². The number of carbonyl (C=O) groups is 1. The van der Waals surface area contributed by atoms with Crippen molar-refractivity contribution in [3.63, 3.8) is 0 Å². The minimum Gasteiger partial charge on any atom is -0.368 e. The third-order valence-electron chi connectivity index (χ3n) is 2.63. The molecule has 1 aliphatic heterocycles. The maximum absolute atomic E-state index is 11.0. The number of methoxy groups -OCH3 is 1. The van der Waals surface area contributed by atoms with E-state index in [1.54, 1.807) is 11.8 Å². The lowest BCUT2D eigenvalue weighted by Gasteiger charge is -2.32. The number of carbonyl (C=O) groups excluding carboxylic acids is 1. The molecule has 0 aromatic carbocycles. The largest absolute Gasteiger partial charge is 0.368 e. The summed E-state index contributed by atoms with van der Waals surface area (Å²) in [5.74, 6) is 0.297. The van der Waals surface area contributed by atoms with Crippen LogP contribution < -0.4 is 0 Å². The van der Waals surface area contributed by atoms with Gasteiger partial charge in [0.2, 0.25) is 5.91 Å². The van der Waals surface area contributed by atoms with E-state index in [0.29, 0.717) is 0 Å². The lowest BCUT2D eigenvalue weighted by atomic mass is 9.96. The van der Waals surface area contributed by atoms with Gasteiger partial charge in [0.15, 0.2) is 6.29 Å². The van der Waals surface area contributed by atoms with E-state index in [1.807, 2.05) is 0 Å². The molecular formula is C9H17NO3. The van der Waals surface area contributed by atoms with Gasteiger partial charge >= 0.3 is 0 Å². The smallest absolute Gasteiger partial charge is 0.219 e. The van der Waals surface area contributed by atoms with Gasteiger partial charge in [-0.05, 0) is 12.8 Å². The van der Waals surface area contributed by atoms with Crippen molar-refractivity contribution >= 4 is 5.91 Å².